The molecule has 4 rings (SSSR count). The van der Waals surface area contributed by atoms with E-state index in [0.717, 1.165) is 24.3 Å². The van der Waals surface area contributed by atoms with Crippen LogP contribution >= 0.6 is 0 Å². The van der Waals surface area contributed by atoms with E-state index in [2.05, 4.69) is 0 Å². The van der Waals surface area contributed by atoms with Crippen LogP contribution in [-0.2, 0) is 57.2 Å². The van der Waals surface area contributed by atoms with Gasteiger partial charge in [-0.3, -0.25) is 19.3 Å². The van der Waals surface area contributed by atoms with Gasteiger partial charge in [0.1, 0.15) is 44.6 Å². The van der Waals surface area contributed by atoms with Crippen molar-refractivity contribution in [3.05, 3.63) is 128 Å². The van der Waals surface area contributed by atoms with Crippen LogP contribution in [0.3, 0.4) is 0 Å². The van der Waals surface area contributed by atoms with Crippen LogP contribution < -0.4 is 165 Å². The number of pyridine rings is 1. The molecular weight excluding hydrogens is 910 g/mol. The number of carbonyl (C=O) groups excluding carboxylic acids is 4. The number of amides is 2. The molecule has 2 amide bonds. The van der Waals surface area contributed by atoms with Crippen molar-refractivity contribution < 1.29 is 224 Å². The summed E-state index contributed by atoms with van der Waals surface area (Å²) in [6.45, 7) is -0.311. The number of aromatic nitrogens is 1. The third-order valence-corrected chi connectivity index (χ3v) is 10.0. The van der Waals surface area contributed by atoms with Gasteiger partial charge in [0, 0.05) is 12.1 Å². The monoisotopic (exact) mass is 942 g/mol. The van der Waals surface area contributed by atoms with Crippen molar-refractivity contribution in [2.45, 2.75) is 36.7 Å². The van der Waals surface area contributed by atoms with Gasteiger partial charge in [-0.05, 0) is 77.9 Å². The molecule has 23 heteroatoms. The normalized spacial score (nSPS) is 13.9. The molecule has 1 aliphatic heterocycles. The van der Waals surface area contributed by atoms with Gasteiger partial charge < -0.3 is 38.5 Å². The first-order valence-electron chi connectivity index (χ1n) is 16.5. The molecular formula is C37H33K3N2O16S2. The standard InChI is InChI=1S/C37H36N2O16S2.3K/c1-22-28(32(42)38(34(44)30(22)36(46)54-18-16-40)20-24-8-12-26(13-9-24)56(48,49)50)6-4-3-5-7-29-23(2)31(37(47)55-19-17-41)35(45)39(33(29)43)21-25-10-14-27(15-11-25)57(51,52)53;;;/h3-15,40-42H,16-21H2,1-2H3,(H,48,49,50)(H,51,52,53);;;/q;3*+1/p-3/b5-3?,6-4?,29-7-;;;. The zero-order valence-electron chi connectivity index (χ0n) is 33.1. The SMILES string of the molecule is CC1=C(C(=O)OCCO)C(=O)N(Cc2ccc(S(=O)(=O)[O-])cc2)C(=O)/C1=C\C=CC=Cc1c(C)c(C(=O)OCCO)c(=O)n(Cc2ccc(S(=O)(=O)[O-])cc2)c1[O-].[K+].[K+].[K+]. The molecule has 0 bridgehead atoms. The number of esters is 2. The molecule has 1 aliphatic rings. The summed E-state index contributed by atoms with van der Waals surface area (Å²) in [7, 11) is -9.57. The van der Waals surface area contributed by atoms with Crippen LogP contribution in [0.15, 0.2) is 104 Å². The van der Waals surface area contributed by atoms with Gasteiger partial charge in [-0.25, -0.2) is 26.4 Å². The largest absolute Gasteiger partial charge is 1.00 e. The first-order chi connectivity index (χ1) is 26.8. The number of imide groups is 1. The van der Waals surface area contributed by atoms with Gasteiger partial charge in [-0.1, -0.05) is 48.6 Å². The molecule has 302 valence electrons. The van der Waals surface area contributed by atoms with E-state index in [0.29, 0.717) is 9.47 Å². The third-order valence-electron chi connectivity index (χ3n) is 8.34. The fourth-order valence-electron chi connectivity index (χ4n) is 5.49. The van der Waals surface area contributed by atoms with E-state index in [1.807, 2.05) is 0 Å². The Bertz CT molecular complexity index is 2510. The first-order valence-corrected chi connectivity index (χ1v) is 19.4. The summed E-state index contributed by atoms with van der Waals surface area (Å²) in [5.41, 5.74) is -2.14. The maximum atomic E-state index is 13.6. The van der Waals surface area contributed by atoms with Crippen LogP contribution in [0.5, 0.6) is 5.88 Å². The van der Waals surface area contributed by atoms with Crippen molar-refractivity contribution in [3.63, 3.8) is 0 Å². The number of carbonyl (C=O) groups is 4. The van der Waals surface area contributed by atoms with Gasteiger partial charge in [0.2, 0.25) is 0 Å². The van der Waals surface area contributed by atoms with Gasteiger partial charge in [0.05, 0.1) is 29.5 Å². The second-order valence-electron chi connectivity index (χ2n) is 12.0. The molecule has 18 nitrogen and oxygen atoms in total. The number of hydrogen-bond acceptors (Lipinski definition) is 16. The Hall–Kier alpha value is -1.12. The summed E-state index contributed by atoms with van der Waals surface area (Å²) in [5.74, 6) is -5.07. The average molecular weight is 943 g/mol. The van der Waals surface area contributed by atoms with E-state index < -0.39 is 116 Å². The van der Waals surface area contributed by atoms with Crippen LogP contribution in [0, 0.1) is 6.92 Å². The van der Waals surface area contributed by atoms with E-state index >= 15 is 0 Å². The van der Waals surface area contributed by atoms with Crippen molar-refractivity contribution in [1.82, 2.24) is 9.47 Å². The second kappa shape index (κ2) is 25.4. The Morgan fingerprint density at radius 1 is 0.717 bits per heavy atom. The van der Waals surface area contributed by atoms with Gasteiger partial charge in [0.25, 0.3) is 17.4 Å². The Labute approximate surface area is 472 Å². The van der Waals surface area contributed by atoms with Crippen LogP contribution in [0.4, 0.5) is 0 Å². The molecule has 2 aromatic carbocycles. The van der Waals surface area contributed by atoms with Crippen molar-refractivity contribution in [2.24, 2.45) is 0 Å². The van der Waals surface area contributed by atoms with E-state index in [1.165, 1.54) is 68.5 Å². The van der Waals surface area contributed by atoms with Crippen LogP contribution in [0.2, 0.25) is 0 Å². The number of ether oxygens (including phenoxy) is 2. The van der Waals surface area contributed by atoms with Crippen molar-refractivity contribution in [2.75, 3.05) is 26.4 Å². The van der Waals surface area contributed by atoms with Gasteiger partial charge in [-0.15, -0.1) is 0 Å². The molecule has 3 aromatic rings. The predicted molar refractivity (Wildman–Crippen MR) is 193 cm³/mol. The van der Waals surface area contributed by atoms with Crippen LogP contribution in [0.1, 0.15) is 39.5 Å². The Kier molecular flexibility index (Phi) is 24.1. The number of aliphatic hydroxyl groups is 2. The molecule has 60 heavy (non-hydrogen) atoms. The maximum absolute atomic E-state index is 13.6. The minimum absolute atomic E-state index is 0. The minimum atomic E-state index is -4.78. The number of allylic oxidation sites excluding steroid dienone is 4. The molecule has 0 radical (unpaired) electrons. The molecule has 0 aliphatic carbocycles. The number of benzene rings is 2. The Morgan fingerprint density at radius 2 is 1.20 bits per heavy atom. The summed E-state index contributed by atoms with van der Waals surface area (Å²) in [6.07, 6.45) is 6.43. The summed E-state index contributed by atoms with van der Waals surface area (Å²) in [6, 6.07) is 8.79. The molecule has 0 atom stereocenters. The molecule has 1 aromatic heterocycles. The van der Waals surface area contributed by atoms with Crippen molar-refractivity contribution >= 4 is 50.1 Å². The van der Waals surface area contributed by atoms with E-state index in [-0.39, 0.29) is 188 Å². The van der Waals surface area contributed by atoms with E-state index in [1.54, 1.807) is 0 Å². The second-order valence-corrected chi connectivity index (χ2v) is 14.8. The minimum Gasteiger partial charge on any atom is -0.860 e. The Balaban J connectivity index is 0.00000600. The summed E-state index contributed by atoms with van der Waals surface area (Å²) < 4.78 is 78.6. The molecule has 0 spiro atoms. The topological polar surface area (TPSA) is 290 Å². The average Bonchev–Trinajstić information content (AvgIpc) is 3.15. The van der Waals surface area contributed by atoms with Crippen molar-refractivity contribution in [3.8, 4) is 5.88 Å². The molecule has 0 saturated carbocycles. The first kappa shape index (κ1) is 56.9. The van der Waals surface area contributed by atoms with Crippen molar-refractivity contribution in [1.29, 1.82) is 0 Å². The number of aliphatic hydroxyl groups excluding tert-OH is 2. The van der Waals surface area contributed by atoms with Gasteiger partial charge >= 0.3 is 166 Å². The molecule has 2 N–H and O–H groups in total. The van der Waals surface area contributed by atoms with Crippen LogP contribution in [0.25, 0.3) is 6.08 Å². The maximum Gasteiger partial charge on any atom is 1.00 e. The fraction of sp³-hybridized carbons (Fsp3) is 0.216. The number of nitrogens with zero attached hydrogens (tertiary/aromatic N) is 2. The Morgan fingerprint density at radius 3 is 1.68 bits per heavy atom. The molecule has 0 fully saturated rings. The van der Waals surface area contributed by atoms with E-state index in [4.69, 9.17) is 19.7 Å². The number of rotatable bonds is 15. The fourth-order valence-corrected chi connectivity index (χ4v) is 6.43. The molecule has 0 saturated heterocycles. The summed E-state index contributed by atoms with van der Waals surface area (Å²) >= 11 is 0. The zero-order valence-corrected chi connectivity index (χ0v) is 44.1. The zero-order chi connectivity index (χ0) is 42.2. The van der Waals surface area contributed by atoms with E-state index in [9.17, 15) is 55.0 Å². The molecule has 0 unspecified atom stereocenters. The predicted octanol–water partition coefficient (Wildman–Crippen LogP) is -8.84. The molecule has 2 heterocycles. The smallest absolute Gasteiger partial charge is 0.860 e. The summed E-state index contributed by atoms with van der Waals surface area (Å²) in [5, 5.41) is 31.9. The van der Waals surface area contributed by atoms with Gasteiger partial charge in [0.15, 0.2) is 0 Å². The van der Waals surface area contributed by atoms with Crippen LogP contribution in [-0.4, -0.2) is 95.8 Å². The third kappa shape index (κ3) is 14.4. The summed E-state index contributed by atoms with van der Waals surface area (Å²) in [4.78, 5) is 65.9. The number of hydrogen-bond donors (Lipinski definition) is 2. The van der Waals surface area contributed by atoms with Gasteiger partial charge in [-0.2, -0.15) is 0 Å². The quantitative estimate of drug-likeness (QED) is 0.0272.